The lowest BCUT2D eigenvalue weighted by atomic mass is 9.93. The molecule has 8 aliphatic rings. The van der Waals surface area contributed by atoms with Crippen LogP contribution in [0.4, 0.5) is 35.1 Å². The minimum absolute atomic E-state index is 0.00509. The highest BCUT2D eigenvalue weighted by Crippen LogP contribution is 2.59. The van der Waals surface area contributed by atoms with E-state index in [0.29, 0.717) is 25.3 Å². The number of likely N-dealkylation sites (tertiary alicyclic amines) is 5. The van der Waals surface area contributed by atoms with Crippen LogP contribution in [-0.4, -0.2) is 154 Å². The van der Waals surface area contributed by atoms with E-state index in [1.165, 1.54) is 11.3 Å². The molecule has 5 heterocycles. The van der Waals surface area contributed by atoms with Crippen LogP contribution in [0.15, 0.2) is 0 Å². The number of aliphatic hydroxyl groups is 1. The number of hydrogen-bond donors (Lipinski definition) is 1. The lowest BCUT2D eigenvalue weighted by Gasteiger charge is -2.36. The maximum Gasteiger partial charge on any atom is 0.267 e. The van der Waals surface area contributed by atoms with Crippen LogP contribution in [0, 0.1) is 56.7 Å². The van der Waals surface area contributed by atoms with Crippen molar-refractivity contribution in [3.8, 4) is 0 Å². The first-order valence-electron chi connectivity index (χ1n) is 25.0. The summed E-state index contributed by atoms with van der Waals surface area (Å²) >= 11 is 0. The van der Waals surface area contributed by atoms with Crippen LogP contribution in [0.3, 0.4) is 0 Å². The lowest BCUT2D eigenvalue weighted by Crippen LogP contribution is -2.49. The summed E-state index contributed by atoms with van der Waals surface area (Å²) in [4.78, 5) is 66.6. The van der Waals surface area contributed by atoms with Gasteiger partial charge in [-0.25, -0.2) is 35.1 Å². The second-order valence-corrected chi connectivity index (χ2v) is 26.3. The van der Waals surface area contributed by atoms with E-state index < -0.39 is 95.3 Å². The van der Waals surface area contributed by atoms with Gasteiger partial charge in [0.2, 0.25) is 29.5 Å². The van der Waals surface area contributed by atoms with Crippen molar-refractivity contribution in [1.29, 1.82) is 0 Å². The minimum atomic E-state index is -2.87. The number of carbonyl (C=O) groups excluding carboxylic acids is 5. The highest BCUT2D eigenvalue weighted by atomic mass is 19.3. The number of aliphatic hydroxyl groups excluding tert-OH is 1. The summed E-state index contributed by atoms with van der Waals surface area (Å²) in [6.07, 6.45) is 1.57. The second kappa shape index (κ2) is 20.2. The van der Waals surface area contributed by atoms with Gasteiger partial charge in [0.15, 0.2) is 0 Å². The Morgan fingerprint density at radius 2 is 0.914 bits per heavy atom. The second-order valence-electron chi connectivity index (χ2n) is 26.3. The van der Waals surface area contributed by atoms with Crippen LogP contribution in [-0.2, 0) is 24.0 Å². The van der Waals surface area contributed by atoms with Crippen LogP contribution in [0.5, 0.6) is 0 Å². The van der Waals surface area contributed by atoms with Gasteiger partial charge in [0.25, 0.3) is 23.7 Å². The number of nitrogens with zero attached hydrogens (tertiary/aromatic N) is 5. The molecule has 7 unspecified atom stereocenters. The molecule has 5 amide bonds. The molecule has 0 spiro atoms. The van der Waals surface area contributed by atoms with Crippen LogP contribution in [0.2, 0.25) is 0 Å². The molecule has 404 valence electrons. The first kappa shape index (κ1) is 59.3. The molecule has 8 fully saturated rings. The Hall–Kier alpha value is -3.25. The summed E-state index contributed by atoms with van der Waals surface area (Å²) in [6.45, 7) is 29.1. The van der Waals surface area contributed by atoms with Crippen molar-refractivity contribution in [2.75, 3.05) is 59.0 Å². The molecular formula is C51H83F8N5O6. The fourth-order valence-corrected chi connectivity index (χ4v) is 10.1. The number of alkyl halides is 8. The topological polar surface area (TPSA) is 122 Å². The third kappa shape index (κ3) is 14.7. The fraction of sp³-hybridized carbons (Fsp3) is 0.902. The highest BCUT2D eigenvalue weighted by molar-refractivity contribution is 5.84. The predicted molar refractivity (Wildman–Crippen MR) is 250 cm³/mol. The Kier molecular flexibility index (Phi) is 17.1. The average molecular weight is 1010 g/mol. The van der Waals surface area contributed by atoms with Gasteiger partial charge in [-0.1, -0.05) is 104 Å². The molecule has 7 atom stereocenters. The average Bonchev–Trinajstić information content (AvgIpc) is 3.61. The highest BCUT2D eigenvalue weighted by Gasteiger charge is 2.72. The normalized spacial score (nSPS) is 29.7. The number of fused-ring (bicyclic) bond motifs is 4. The van der Waals surface area contributed by atoms with Crippen LogP contribution in [0.1, 0.15) is 142 Å². The van der Waals surface area contributed by atoms with E-state index in [2.05, 4.69) is 0 Å². The maximum atomic E-state index is 13.2. The smallest absolute Gasteiger partial charge is 0.267 e. The van der Waals surface area contributed by atoms with Gasteiger partial charge >= 0.3 is 0 Å². The molecule has 0 radical (unpaired) electrons. The van der Waals surface area contributed by atoms with Crippen LogP contribution >= 0.6 is 0 Å². The first-order chi connectivity index (χ1) is 31.3. The zero-order valence-corrected chi connectivity index (χ0v) is 44.4. The molecule has 3 aliphatic carbocycles. The Bertz CT molecular complexity index is 1890. The van der Waals surface area contributed by atoms with E-state index in [4.69, 9.17) is 5.11 Å². The van der Waals surface area contributed by atoms with Gasteiger partial charge in [-0.3, -0.25) is 24.0 Å². The molecule has 0 aromatic rings. The van der Waals surface area contributed by atoms with Crippen molar-refractivity contribution < 1.29 is 64.2 Å². The molecule has 8 rings (SSSR count). The van der Waals surface area contributed by atoms with Gasteiger partial charge in [0.1, 0.15) is 0 Å². The molecule has 1 N–H and O–H groups in total. The summed E-state index contributed by atoms with van der Waals surface area (Å²) in [5.41, 5.74) is -2.34. The Morgan fingerprint density at radius 1 is 0.500 bits per heavy atom. The standard InChI is InChI=1S/C11H17F2NO.C10H17F2NO2.C10H15F2NO.C10H17F2NO.C10H17NO/c1-10(2,3)9(15)14-6-7-4-8(14)5-11(7,12)13;1-9(2,3)8(15)13-6-10(11,12)4-7(13)5-14;1-9(2,3)8(14)13-4-6-7(5-13)10(6,11)12;1-9(2,3)8(14)13-6-4-5-10(11,12)7-13;1-10(2,3)9(12)11-5-7-4-8(7)6-11/h7-8H,4-6H2,1-3H3;7,14H,4-6H2,1-3H3;6-7H,4-5H2,1-3H3;4-7H2,1-3H3;7-8H,4-6H2,1-3H3. The predicted octanol–water partition coefficient (Wildman–Crippen LogP) is 9.11. The summed E-state index contributed by atoms with van der Waals surface area (Å²) in [5, 5.41) is 8.96. The third-order valence-corrected chi connectivity index (χ3v) is 14.3. The van der Waals surface area contributed by atoms with Gasteiger partial charge in [-0.2, -0.15) is 0 Å². The Morgan fingerprint density at radius 3 is 1.29 bits per heavy atom. The molecule has 19 heteroatoms. The molecule has 3 saturated carbocycles. The van der Waals surface area contributed by atoms with Gasteiger partial charge < -0.3 is 29.6 Å². The molecule has 2 bridgehead atoms. The van der Waals surface area contributed by atoms with Gasteiger partial charge in [-0.15, -0.1) is 0 Å². The molecular weight excluding hydrogens is 931 g/mol. The van der Waals surface area contributed by atoms with E-state index in [1.54, 1.807) is 51.3 Å². The van der Waals surface area contributed by atoms with Gasteiger partial charge in [-0.05, 0) is 31.1 Å². The number of carbonyl (C=O) groups is 5. The zero-order chi connectivity index (χ0) is 53.9. The van der Waals surface area contributed by atoms with Crippen molar-refractivity contribution in [2.45, 2.75) is 178 Å². The Labute approximate surface area is 411 Å². The van der Waals surface area contributed by atoms with E-state index in [1.807, 2.05) is 67.2 Å². The summed E-state index contributed by atoms with van der Waals surface area (Å²) in [7, 11) is 0. The van der Waals surface area contributed by atoms with Crippen molar-refractivity contribution in [3.05, 3.63) is 0 Å². The number of rotatable bonds is 1. The number of hydrogen-bond acceptors (Lipinski definition) is 6. The van der Waals surface area contributed by atoms with E-state index in [-0.39, 0.29) is 67.6 Å². The molecule has 5 aliphatic heterocycles. The third-order valence-electron chi connectivity index (χ3n) is 14.3. The summed E-state index contributed by atoms with van der Waals surface area (Å²) in [5.74, 6) is -10.8. The maximum absolute atomic E-state index is 13.2. The fourth-order valence-electron chi connectivity index (χ4n) is 10.1. The Balaban J connectivity index is 0.000000191. The first-order valence-corrected chi connectivity index (χ1v) is 25.0. The quantitative estimate of drug-likeness (QED) is 0.262. The van der Waals surface area contributed by atoms with Gasteiger partial charge in [0.05, 0.1) is 37.6 Å². The molecule has 11 nitrogen and oxygen atoms in total. The molecule has 0 aromatic heterocycles. The lowest BCUT2D eigenvalue weighted by molar-refractivity contribution is -0.149. The van der Waals surface area contributed by atoms with Gasteiger partial charge in [0, 0.05) is 97.6 Å². The van der Waals surface area contributed by atoms with E-state index in [9.17, 15) is 59.1 Å². The molecule has 70 heavy (non-hydrogen) atoms. The number of amides is 5. The molecule has 5 saturated heterocycles. The van der Waals surface area contributed by atoms with Crippen molar-refractivity contribution in [1.82, 2.24) is 24.5 Å². The zero-order valence-electron chi connectivity index (χ0n) is 44.4. The van der Waals surface area contributed by atoms with E-state index in [0.717, 1.165) is 29.8 Å². The summed E-state index contributed by atoms with van der Waals surface area (Å²) < 4.78 is 104. The number of halogens is 8. The van der Waals surface area contributed by atoms with Crippen LogP contribution < -0.4 is 0 Å². The largest absolute Gasteiger partial charge is 0.394 e. The van der Waals surface area contributed by atoms with Crippen molar-refractivity contribution in [3.63, 3.8) is 0 Å². The number of piperidine rings is 4. The van der Waals surface area contributed by atoms with Crippen LogP contribution in [0.25, 0.3) is 0 Å². The summed E-state index contributed by atoms with van der Waals surface area (Å²) in [6, 6.07) is -0.969. The van der Waals surface area contributed by atoms with Crippen molar-refractivity contribution in [2.24, 2.45) is 56.7 Å². The minimum Gasteiger partial charge on any atom is -0.394 e. The van der Waals surface area contributed by atoms with Crippen molar-refractivity contribution >= 4 is 29.5 Å². The SMILES string of the molecule is CC(C)(C)C(=O)N1CC(F)(F)CC1CO.CC(C)(C)C(=O)N1CC2C(C1)C2(F)F.CC(C)(C)C(=O)N1CC2CC1CC2(F)F.CC(C)(C)C(=O)N1CC2CC2C1.CC(C)(C)C(=O)N1CCCC(F)(F)C1. The molecule has 0 aromatic carbocycles. The van der Waals surface area contributed by atoms with E-state index >= 15 is 0 Å². The monoisotopic (exact) mass is 1010 g/mol.